The van der Waals surface area contributed by atoms with Gasteiger partial charge in [0.05, 0.1) is 0 Å². The molecular formula is C17H22O. The van der Waals surface area contributed by atoms with Crippen LogP contribution in [0.5, 0.6) is 0 Å². The molecule has 2 rings (SSSR count). The van der Waals surface area contributed by atoms with E-state index in [4.69, 9.17) is 0 Å². The summed E-state index contributed by atoms with van der Waals surface area (Å²) in [4.78, 5) is 12.6. The molecule has 0 bridgehead atoms. The highest BCUT2D eigenvalue weighted by molar-refractivity contribution is 6.09. The second-order valence-corrected chi connectivity index (χ2v) is 5.02. The van der Waals surface area contributed by atoms with Crippen molar-refractivity contribution < 1.29 is 4.79 Å². The lowest BCUT2D eigenvalue weighted by Gasteiger charge is -2.12. The number of carbonyl (C=O) groups excluding carboxylic acids is 1. The van der Waals surface area contributed by atoms with Crippen LogP contribution >= 0.6 is 0 Å². The van der Waals surface area contributed by atoms with Crippen LogP contribution < -0.4 is 0 Å². The monoisotopic (exact) mass is 242 g/mol. The molecular weight excluding hydrogens is 220 g/mol. The van der Waals surface area contributed by atoms with Gasteiger partial charge in [0.25, 0.3) is 0 Å². The Morgan fingerprint density at radius 3 is 2.72 bits per heavy atom. The van der Waals surface area contributed by atoms with Crippen molar-refractivity contribution in [1.29, 1.82) is 0 Å². The van der Waals surface area contributed by atoms with E-state index in [1.807, 2.05) is 18.2 Å². The van der Waals surface area contributed by atoms with Gasteiger partial charge >= 0.3 is 0 Å². The van der Waals surface area contributed by atoms with Crippen LogP contribution in [0.15, 0.2) is 35.9 Å². The predicted octanol–water partition coefficient (Wildman–Crippen LogP) is 4.71. The van der Waals surface area contributed by atoms with E-state index < -0.39 is 0 Å². The van der Waals surface area contributed by atoms with Crippen LogP contribution in [0, 0.1) is 0 Å². The first-order valence-corrected chi connectivity index (χ1v) is 7.14. The molecule has 0 saturated heterocycles. The fourth-order valence-corrected chi connectivity index (χ4v) is 2.62. The fourth-order valence-electron chi connectivity index (χ4n) is 2.62. The van der Waals surface area contributed by atoms with Gasteiger partial charge in [0, 0.05) is 5.56 Å². The molecule has 1 aromatic carbocycles. The lowest BCUT2D eigenvalue weighted by atomic mass is 9.91. The molecule has 0 heterocycles. The smallest absolute Gasteiger partial charge is 0.188 e. The molecule has 18 heavy (non-hydrogen) atoms. The first kappa shape index (κ1) is 13.1. The largest absolute Gasteiger partial charge is 0.289 e. The van der Waals surface area contributed by atoms with Crippen LogP contribution in [-0.4, -0.2) is 5.78 Å². The topological polar surface area (TPSA) is 17.1 Å². The fraction of sp³-hybridized carbons (Fsp3) is 0.471. The molecule has 0 aliphatic heterocycles. The number of allylic oxidation sites excluding steroid dienone is 2. The highest BCUT2D eigenvalue weighted by Gasteiger charge is 2.15. The van der Waals surface area contributed by atoms with Gasteiger partial charge in [0.15, 0.2) is 5.78 Å². The minimum absolute atomic E-state index is 0.259. The third-order valence-electron chi connectivity index (χ3n) is 3.73. The van der Waals surface area contributed by atoms with Crippen molar-refractivity contribution in [1.82, 2.24) is 0 Å². The van der Waals surface area contributed by atoms with E-state index in [9.17, 15) is 4.79 Å². The van der Waals surface area contributed by atoms with Gasteiger partial charge in [-0.1, -0.05) is 50.1 Å². The van der Waals surface area contributed by atoms with E-state index in [0.717, 1.165) is 36.8 Å². The third kappa shape index (κ3) is 3.10. The Labute approximate surface area is 110 Å². The van der Waals surface area contributed by atoms with E-state index in [2.05, 4.69) is 19.1 Å². The second kappa shape index (κ2) is 6.53. The maximum Gasteiger partial charge on any atom is 0.188 e. The van der Waals surface area contributed by atoms with Gasteiger partial charge in [-0.05, 0) is 43.2 Å². The van der Waals surface area contributed by atoms with Crippen LogP contribution in [0.4, 0.5) is 0 Å². The SMILES string of the molecule is CCc1ccccc1C(=O)/C1=C/CCCCCC1. The summed E-state index contributed by atoms with van der Waals surface area (Å²) in [5.74, 6) is 0.259. The van der Waals surface area contributed by atoms with Crippen LogP contribution in [0.3, 0.4) is 0 Å². The zero-order valence-corrected chi connectivity index (χ0v) is 11.2. The van der Waals surface area contributed by atoms with E-state index >= 15 is 0 Å². The van der Waals surface area contributed by atoms with Crippen LogP contribution in [0.25, 0.3) is 0 Å². The summed E-state index contributed by atoms with van der Waals surface area (Å²) in [6.07, 6.45) is 10.1. The molecule has 1 nitrogen and oxygen atoms in total. The summed E-state index contributed by atoms with van der Waals surface area (Å²) in [5.41, 5.74) is 3.12. The van der Waals surface area contributed by atoms with Crippen molar-refractivity contribution in [3.63, 3.8) is 0 Å². The number of hydrogen-bond donors (Lipinski definition) is 0. The molecule has 0 aromatic heterocycles. The maximum absolute atomic E-state index is 12.6. The summed E-state index contributed by atoms with van der Waals surface area (Å²) < 4.78 is 0. The molecule has 0 saturated carbocycles. The minimum Gasteiger partial charge on any atom is -0.289 e. The highest BCUT2D eigenvalue weighted by atomic mass is 16.1. The van der Waals surface area contributed by atoms with Gasteiger partial charge in [-0.3, -0.25) is 4.79 Å². The van der Waals surface area contributed by atoms with Gasteiger partial charge in [0.2, 0.25) is 0 Å². The first-order valence-electron chi connectivity index (χ1n) is 7.14. The number of rotatable bonds is 3. The van der Waals surface area contributed by atoms with Gasteiger partial charge in [-0.25, -0.2) is 0 Å². The van der Waals surface area contributed by atoms with Gasteiger partial charge in [-0.15, -0.1) is 0 Å². The van der Waals surface area contributed by atoms with Crippen molar-refractivity contribution in [2.45, 2.75) is 51.9 Å². The summed E-state index contributed by atoms with van der Waals surface area (Å²) in [7, 11) is 0. The van der Waals surface area contributed by atoms with Crippen molar-refractivity contribution in [3.8, 4) is 0 Å². The molecule has 0 radical (unpaired) electrons. The summed E-state index contributed by atoms with van der Waals surface area (Å²) in [6, 6.07) is 8.02. The average molecular weight is 242 g/mol. The van der Waals surface area contributed by atoms with Crippen LogP contribution in [0.2, 0.25) is 0 Å². The first-order chi connectivity index (χ1) is 8.83. The summed E-state index contributed by atoms with van der Waals surface area (Å²) in [5, 5.41) is 0. The van der Waals surface area contributed by atoms with Crippen LogP contribution in [-0.2, 0) is 6.42 Å². The standard InChI is InChI=1S/C17H22O/c1-2-14-10-8-9-13-16(14)17(18)15-11-6-4-3-5-7-12-15/h8-11,13H,2-7,12H2,1H3/b15-11+. The molecule has 1 heteroatoms. The van der Waals surface area contributed by atoms with Gasteiger partial charge < -0.3 is 0 Å². The molecule has 0 unspecified atom stereocenters. The second-order valence-electron chi connectivity index (χ2n) is 5.02. The quantitative estimate of drug-likeness (QED) is 0.701. The number of ketones is 1. The highest BCUT2D eigenvalue weighted by Crippen LogP contribution is 2.22. The maximum atomic E-state index is 12.6. The molecule has 0 atom stereocenters. The number of hydrogen-bond acceptors (Lipinski definition) is 1. The molecule has 1 aliphatic rings. The average Bonchev–Trinajstić information content (AvgIpc) is 2.37. The molecule has 0 fully saturated rings. The Balaban J connectivity index is 2.23. The zero-order chi connectivity index (χ0) is 12.8. The Kier molecular flexibility index (Phi) is 4.74. The Morgan fingerprint density at radius 1 is 1.11 bits per heavy atom. The van der Waals surface area contributed by atoms with Crippen molar-refractivity contribution >= 4 is 5.78 Å². The Hall–Kier alpha value is -1.37. The van der Waals surface area contributed by atoms with Crippen molar-refractivity contribution in [2.75, 3.05) is 0 Å². The molecule has 0 amide bonds. The number of aryl methyl sites for hydroxylation is 1. The molecule has 0 N–H and O–H groups in total. The number of Topliss-reactive ketones (excluding diaryl/α,β-unsaturated/α-hetero) is 1. The van der Waals surface area contributed by atoms with E-state index in [-0.39, 0.29) is 5.78 Å². The molecule has 1 aliphatic carbocycles. The summed E-state index contributed by atoms with van der Waals surface area (Å²) in [6.45, 7) is 2.11. The predicted molar refractivity (Wildman–Crippen MR) is 75.9 cm³/mol. The third-order valence-corrected chi connectivity index (χ3v) is 3.73. The molecule has 0 spiro atoms. The van der Waals surface area contributed by atoms with E-state index in [1.54, 1.807) is 0 Å². The van der Waals surface area contributed by atoms with Crippen LogP contribution in [0.1, 0.15) is 61.4 Å². The Bertz CT molecular complexity index is 443. The lowest BCUT2D eigenvalue weighted by molar-refractivity contribution is 0.102. The Morgan fingerprint density at radius 2 is 1.89 bits per heavy atom. The normalized spacial score (nSPS) is 19.5. The van der Waals surface area contributed by atoms with Gasteiger partial charge in [0.1, 0.15) is 0 Å². The number of carbonyl (C=O) groups is 1. The van der Waals surface area contributed by atoms with Gasteiger partial charge in [-0.2, -0.15) is 0 Å². The van der Waals surface area contributed by atoms with E-state index in [1.165, 1.54) is 24.8 Å². The minimum atomic E-state index is 0.259. The van der Waals surface area contributed by atoms with Crippen molar-refractivity contribution in [2.24, 2.45) is 0 Å². The number of benzene rings is 1. The molecule has 1 aromatic rings. The van der Waals surface area contributed by atoms with E-state index in [0.29, 0.717) is 0 Å². The summed E-state index contributed by atoms with van der Waals surface area (Å²) >= 11 is 0. The van der Waals surface area contributed by atoms with Crippen molar-refractivity contribution in [3.05, 3.63) is 47.0 Å². The molecule has 96 valence electrons. The lowest BCUT2D eigenvalue weighted by Crippen LogP contribution is -2.08. The zero-order valence-electron chi connectivity index (χ0n) is 11.2.